The quantitative estimate of drug-likeness (QED) is 0.792. The molecular weight excluding hydrogens is 256 g/mol. The first-order valence-corrected chi connectivity index (χ1v) is 6.96. The van der Waals surface area contributed by atoms with Gasteiger partial charge in [0, 0.05) is 6.54 Å². The second-order valence-corrected chi connectivity index (χ2v) is 5.16. The Labute approximate surface area is 115 Å². The smallest absolute Gasteiger partial charge is 0.105 e. The molecule has 2 aromatic heterocycles. The van der Waals surface area contributed by atoms with Gasteiger partial charge in [0.15, 0.2) is 0 Å². The third-order valence-corrected chi connectivity index (χ3v) is 3.80. The van der Waals surface area contributed by atoms with Crippen molar-refractivity contribution in [2.45, 2.75) is 13.1 Å². The van der Waals surface area contributed by atoms with E-state index in [1.165, 1.54) is 5.56 Å². The van der Waals surface area contributed by atoms with Crippen molar-refractivity contribution in [3.63, 3.8) is 0 Å². The molecule has 0 aliphatic heterocycles. The fourth-order valence-electron chi connectivity index (χ4n) is 2.04. The van der Waals surface area contributed by atoms with Gasteiger partial charge in [-0.2, -0.15) is 0 Å². The maximum Gasteiger partial charge on any atom is 0.105 e. The molecule has 4 nitrogen and oxygen atoms in total. The van der Waals surface area contributed by atoms with E-state index in [1.807, 2.05) is 28.9 Å². The van der Waals surface area contributed by atoms with Gasteiger partial charge in [-0.25, -0.2) is 4.68 Å². The Morgan fingerprint density at radius 1 is 1.11 bits per heavy atom. The van der Waals surface area contributed by atoms with Crippen molar-refractivity contribution in [3.05, 3.63) is 59.1 Å². The van der Waals surface area contributed by atoms with Gasteiger partial charge in [-0.1, -0.05) is 41.6 Å². The summed E-state index contributed by atoms with van der Waals surface area (Å²) in [5.41, 5.74) is 8.83. The predicted octanol–water partition coefficient (Wildman–Crippen LogP) is 2.51. The molecule has 0 amide bonds. The Morgan fingerprint density at radius 2 is 1.95 bits per heavy atom. The molecule has 2 heterocycles. The van der Waals surface area contributed by atoms with Crippen LogP contribution in [0.15, 0.2) is 47.8 Å². The molecule has 0 saturated carbocycles. The Hall–Kier alpha value is -1.98. The van der Waals surface area contributed by atoms with Crippen molar-refractivity contribution in [2.24, 2.45) is 5.73 Å². The topological polar surface area (TPSA) is 56.7 Å². The number of aromatic nitrogens is 3. The Morgan fingerprint density at radius 3 is 2.63 bits per heavy atom. The van der Waals surface area contributed by atoms with E-state index in [-0.39, 0.29) is 0 Å². The van der Waals surface area contributed by atoms with Crippen LogP contribution in [0.4, 0.5) is 0 Å². The zero-order valence-corrected chi connectivity index (χ0v) is 11.2. The van der Waals surface area contributed by atoms with Crippen LogP contribution in [0.3, 0.4) is 0 Å². The standard InChI is InChI=1S/C14H14N4S/c15-9-12-14(13-7-4-8-19-13)18(17-16-12)10-11-5-2-1-3-6-11/h1-8H,9-10,15H2. The minimum absolute atomic E-state index is 0.405. The maximum absolute atomic E-state index is 5.75. The Bertz CT molecular complexity index is 643. The highest BCUT2D eigenvalue weighted by molar-refractivity contribution is 7.13. The minimum atomic E-state index is 0.405. The summed E-state index contributed by atoms with van der Waals surface area (Å²) in [5, 5.41) is 10.5. The maximum atomic E-state index is 5.75. The molecule has 5 heteroatoms. The van der Waals surface area contributed by atoms with Gasteiger partial charge in [-0.15, -0.1) is 16.4 Å². The van der Waals surface area contributed by atoms with Crippen LogP contribution in [0.25, 0.3) is 10.6 Å². The molecule has 0 atom stereocenters. The lowest BCUT2D eigenvalue weighted by Crippen LogP contribution is -2.05. The number of benzene rings is 1. The van der Waals surface area contributed by atoms with Gasteiger partial charge in [-0.3, -0.25) is 0 Å². The van der Waals surface area contributed by atoms with Crippen LogP contribution in [0.5, 0.6) is 0 Å². The zero-order valence-electron chi connectivity index (χ0n) is 10.4. The molecular formula is C14H14N4S. The van der Waals surface area contributed by atoms with Crippen LogP contribution >= 0.6 is 11.3 Å². The number of nitrogens with two attached hydrogens (primary N) is 1. The largest absolute Gasteiger partial charge is 0.325 e. The fraction of sp³-hybridized carbons (Fsp3) is 0.143. The van der Waals surface area contributed by atoms with Crippen molar-refractivity contribution >= 4 is 11.3 Å². The molecule has 0 spiro atoms. The van der Waals surface area contributed by atoms with E-state index < -0.39 is 0 Å². The summed E-state index contributed by atoms with van der Waals surface area (Å²) in [5.74, 6) is 0. The summed E-state index contributed by atoms with van der Waals surface area (Å²) in [6.07, 6.45) is 0. The van der Waals surface area contributed by atoms with E-state index in [0.717, 1.165) is 16.3 Å². The van der Waals surface area contributed by atoms with Crippen LogP contribution < -0.4 is 5.73 Å². The number of rotatable bonds is 4. The van der Waals surface area contributed by atoms with E-state index >= 15 is 0 Å². The molecule has 0 aliphatic carbocycles. The van der Waals surface area contributed by atoms with Gasteiger partial charge in [0.2, 0.25) is 0 Å². The van der Waals surface area contributed by atoms with Crippen molar-refractivity contribution in [1.29, 1.82) is 0 Å². The van der Waals surface area contributed by atoms with E-state index in [9.17, 15) is 0 Å². The highest BCUT2D eigenvalue weighted by atomic mass is 32.1. The van der Waals surface area contributed by atoms with Crippen LogP contribution in [0, 0.1) is 0 Å². The zero-order chi connectivity index (χ0) is 13.1. The molecule has 19 heavy (non-hydrogen) atoms. The van der Waals surface area contributed by atoms with Gasteiger partial charge in [0.05, 0.1) is 11.4 Å². The summed E-state index contributed by atoms with van der Waals surface area (Å²) in [7, 11) is 0. The predicted molar refractivity (Wildman–Crippen MR) is 76.8 cm³/mol. The molecule has 0 bridgehead atoms. The van der Waals surface area contributed by atoms with Crippen molar-refractivity contribution in [1.82, 2.24) is 15.0 Å². The second kappa shape index (κ2) is 5.34. The van der Waals surface area contributed by atoms with Crippen LogP contribution in [-0.4, -0.2) is 15.0 Å². The van der Waals surface area contributed by atoms with Crippen LogP contribution in [-0.2, 0) is 13.1 Å². The van der Waals surface area contributed by atoms with Crippen LogP contribution in [0.1, 0.15) is 11.3 Å². The van der Waals surface area contributed by atoms with Crippen molar-refractivity contribution in [2.75, 3.05) is 0 Å². The number of nitrogens with zero attached hydrogens (tertiary/aromatic N) is 3. The summed E-state index contributed by atoms with van der Waals surface area (Å²) in [6, 6.07) is 14.3. The van der Waals surface area contributed by atoms with E-state index in [2.05, 4.69) is 33.9 Å². The normalized spacial score (nSPS) is 10.8. The highest BCUT2D eigenvalue weighted by Gasteiger charge is 2.14. The summed E-state index contributed by atoms with van der Waals surface area (Å²) in [6.45, 7) is 1.11. The summed E-state index contributed by atoms with van der Waals surface area (Å²) in [4.78, 5) is 1.15. The Kier molecular flexibility index (Phi) is 3.39. The third kappa shape index (κ3) is 2.43. The first-order chi connectivity index (χ1) is 9.38. The SMILES string of the molecule is NCc1nnn(Cc2ccccc2)c1-c1cccs1. The summed E-state index contributed by atoms with van der Waals surface area (Å²) < 4.78 is 1.92. The monoisotopic (exact) mass is 270 g/mol. The van der Waals surface area contributed by atoms with E-state index in [4.69, 9.17) is 5.73 Å². The lowest BCUT2D eigenvalue weighted by Gasteiger charge is -2.06. The average molecular weight is 270 g/mol. The molecule has 3 aromatic rings. The van der Waals surface area contributed by atoms with Crippen molar-refractivity contribution < 1.29 is 0 Å². The molecule has 1 aromatic carbocycles. The first kappa shape index (κ1) is 12.1. The van der Waals surface area contributed by atoms with Crippen LogP contribution in [0.2, 0.25) is 0 Å². The fourth-order valence-corrected chi connectivity index (χ4v) is 2.83. The van der Waals surface area contributed by atoms with Gasteiger partial charge in [-0.05, 0) is 17.0 Å². The molecule has 96 valence electrons. The second-order valence-electron chi connectivity index (χ2n) is 4.21. The van der Waals surface area contributed by atoms with E-state index in [1.54, 1.807) is 11.3 Å². The lowest BCUT2D eigenvalue weighted by atomic mass is 10.2. The molecule has 0 aliphatic rings. The molecule has 2 N–H and O–H groups in total. The number of hydrogen-bond acceptors (Lipinski definition) is 4. The highest BCUT2D eigenvalue weighted by Crippen LogP contribution is 2.27. The van der Waals surface area contributed by atoms with E-state index in [0.29, 0.717) is 13.1 Å². The van der Waals surface area contributed by atoms with Gasteiger partial charge in [0.1, 0.15) is 11.4 Å². The number of thiophene rings is 1. The summed E-state index contributed by atoms with van der Waals surface area (Å²) >= 11 is 1.68. The molecule has 0 saturated heterocycles. The minimum Gasteiger partial charge on any atom is -0.325 e. The molecule has 3 rings (SSSR count). The molecule has 0 unspecified atom stereocenters. The average Bonchev–Trinajstić information content (AvgIpc) is 3.08. The third-order valence-electron chi connectivity index (χ3n) is 2.93. The van der Waals surface area contributed by atoms with Gasteiger partial charge in [0.25, 0.3) is 0 Å². The first-order valence-electron chi connectivity index (χ1n) is 6.08. The van der Waals surface area contributed by atoms with Crippen molar-refractivity contribution in [3.8, 4) is 10.6 Å². The van der Waals surface area contributed by atoms with Gasteiger partial charge >= 0.3 is 0 Å². The van der Waals surface area contributed by atoms with Gasteiger partial charge < -0.3 is 5.73 Å². The molecule has 0 radical (unpaired) electrons. The Balaban J connectivity index is 2.00. The molecule has 0 fully saturated rings. The lowest BCUT2D eigenvalue weighted by molar-refractivity contribution is 0.655. The number of hydrogen-bond donors (Lipinski definition) is 1.